The normalized spacial score (nSPS) is 31.1. The number of aromatic nitrogens is 2. The monoisotopic (exact) mass is 269 g/mol. The van der Waals surface area contributed by atoms with Crippen molar-refractivity contribution in [1.29, 1.82) is 0 Å². The smallest absolute Gasteiger partial charge is 0.205 e. The van der Waals surface area contributed by atoms with Crippen molar-refractivity contribution in [3.05, 3.63) is 5.01 Å². The van der Waals surface area contributed by atoms with Crippen molar-refractivity contribution in [2.24, 2.45) is 5.41 Å². The van der Waals surface area contributed by atoms with Crippen molar-refractivity contribution in [3.8, 4) is 0 Å². The van der Waals surface area contributed by atoms with E-state index >= 15 is 0 Å². The van der Waals surface area contributed by atoms with Crippen LogP contribution in [0, 0.1) is 5.41 Å². The van der Waals surface area contributed by atoms with E-state index in [1.54, 1.807) is 11.3 Å². The van der Waals surface area contributed by atoms with E-state index in [0.717, 1.165) is 36.0 Å². The molecule has 1 saturated carbocycles. The van der Waals surface area contributed by atoms with Crippen LogP contribution in [0.15, 0.2) is 0 Å². The largest absolute Gasteiger partial charge is 0.378 e. The van der Waals surface area contributed by atoms with E-state index in [4.69, 9.17) is 4.74 Å². The Bertz CT molecular complexity index is 395. The quantitative estimate of drug-likeness (QED) is 0.862. The number of nitrogens with one attached hydrogen (secondary N) is 1. The number of rotatable bonds is 6. The molecular weight excluding hydrogens is 246 g/mol. The molecule has 1 heterocycles. The first-order valence-electron chi connectivity index (χ1n) is 6.84. The van der Waals surface area contributed by atoms with Gasteiger partial charge in [-0.3, -0.25) is 0 Å². The SMILES string of the molecule is CCOC1CC(Nc2nnc(CC)s2)C1(C)CC. The fourth-order valence-electron chi connectivity index (χ4n) is 2.58. The molecule has 0 bridgehead atoms. The van der Waals surface area contributed by atoms with E-state index in [1.807, 2.05) is 0 Å². The Morgan fingerprint density at radius 3 is 2.72 bits per heavy atom. The van der Waals surface area contributed by atoms with Crippen LogP contribution in [0.1, 0.15) is 45.5 Å². The van der Waals surface area contributed by atoms with E-state index in [0.29, 0.717) is 12.1 Å². The summed E-state index contributed by atoms with van der Waals surface area (Å²) in [5.41, 5.74) is 0.216. The zero-order valence-electron chi connectivity index (χ0n) is 11.7. The number of hydrogen-bond donors (Lipinski definition) is 1. The molecule has 0 aliphatic heterocycles. The van der Waals surface area contributed by atoms with Crippen LogP contribution in [0.5, 0.6) is 0 Å². The van der Waals surface area contributed by atoms with Crippen LogP contribution in [0.4, 0.5) is 5.13 Å². The predicted molar refractivity (Wildman–Crippen MR) is 75.1 cm³/mol. The summed E-state index contributed by atoms with van der Waals surface area (Å²) in [4.78, 5) is 0. The van der Waals surface area contributed by atoms with E-state index in [-0.39, 0.29) is 5.41 Å². The van der Waals surface area contributed by atoms with Gasteiger partial charge >= 0.3 is 0 Å². The lowest BCUT2D eigenvalue weighted by Crippen LogP contribution is -2.59. The van der Waals surface area contributed by atoms with Crippen LogP contribution in [-0.2, 0) is 11.2 Å². The summed E-state index contributed by atoms with van der Waals surface area (Å²) in [7, 11) is 0. The molecule has 1 aromatic heterocycles. The molecule has 3 unspecified atom stereocenters. The minimum absolute atomic E-state index is 0.216. The van der Waals surface area contributed by atoms with Crippen LogP contribution >= 0.6 is 11.3 Å². The van der Waals surface area contributed by atoms with Gasteiger partial charge in [-0.1, -0.05) is 32.1 Å². The Labute approximate surface area is 113 Å². The highest BCUT2D eigenvalue weighted by Crippen LogP contribution is 2.47. The molecule has 0 saturated heterocycles. The Kier molecular flexibility index (Phi) is 4.22. The summed E-state index contributed by atoms with van der Waals surface area (Å²) in [6.07, 6.45) is 3.52. The molecule has 0 aromatic carbocycles. The average Bonchev–Trinajstić information content (AvgIpc) is 2.84. The van der Waals surface area contributed by atoms with Crippen LogP contribution in [0.25, 0.3) is 0 Å². The third kappa shape index (κ3) is 2.38. The van der Waals surface area contributed by atoms with Crippen molar-refractivity contribution in [2.45, 2.75) is 59.1 Å². The number of nitrogens with zero attached hydrogens (tertiary/aromatic N) is 2. The van der Waals surface area contributed by atoms with Gasteiger partial charge in [-0.25, -0.2) is 0 Å². The molecule has 18 heavy (non-hydrogen) atoms. The maximum Gasteiger partial charge on any atom is 0.205 e. The second kappa shape index (κ2) is 5.53. The average molecular weight is 269 g/mol. The van der Waals surface area contributed by atoms with E-state index in [2.05, 4.69) is 43.2 Å². The van der Waals surface area contributed by atoms with E-state index in [1.165, 1.54) is 0 Å². The molecule has 1 aromatic rings. The summed E-state index contributed by atoms with van der Waals surface area (Å²) < 4.78 is 5.81. The molecule has 0 spiro atoms. The lowest BCUT2D eigenvalue weighted by atomic mass is 9.61. The molecule has 0 amide bonds. The van der Waals surface area contributed by atoms with Crippen molar-refractivity contribution in [1.82, 2.24) is 10.2 Å². The van der Waals surface area contributed by atoms with Gasteiger partial charge in [0, 0.05) is 18.1 Å². The van der Waals surface area contributed by atoms with Crippen molar-refractivity contribution >= 4 is 16.5 Å². The van der Waals surface area contributed by atoms with Crippen molar-refractivity contribution in [2.75, 3.05) is 11.9 Å². The molecule has 1 aliphatic carbocycles. The fourth-order valence-corrected chi connectivity index (χ4v) is 3.31. The maximum atomic E-state index is 5.81. The van der Waals surface area contributed by atoms with E-state index < -0.39 is 0 Å². The highest BCUT2D eigenvalue weighted by Gasteiger charge is 2.51. The molecule has 1 fully saturated rings. The standard InChI is InChI=1S/C13H23N3OS/c1-5-11-15-16-12(18-11)14-9-8-10(17-7-3)13(9,4)6-2/h9-10H,5-8H2,1-4H3,(H,14,16). The molecule has 1 N–H and O–H groups in total. The lowest BCUT2D eigenvalue weighted by molar-refractivity contribution is -0.109. The summed E-state index contributed by atoms with van der Waals surface area (Å²) in [6, 6.07) is 0.455. The third-order valence-electron chi connectivity index (χ3n) is 4.18. The zero-order chi connectivity index (χ0) is 13.2. The van der Waals surface area contributed by atoms with Gasteiger partial charge in [0.25, 0.3) is 0 Å². The van der Waals surface area contributed by atoms with Gasteiger partial charge in [0.1, 0.15) is 5.01 Å². The molecule has 4 nitrogen and oxygen atoms in total. The minimum Gasteiger partial charge on any atom is -0.378 e. The second-order valence-electron chi connectivity index (χ2n) is 5.09. The van der Waals surface area contributed by atoms with Crippen LogP contribution in [-0.4, -0.2) is 29.0 Å². The summed E-state index contributed by atoms with van der Waals surface area (Å²) in [5.74, 6) is 0. The Morgan fingerprint density at radius 1 is 1.39 bits per heavy atom. The van der Waals surface area contributed by atoms with Gasteiger partial charge in [0.05, 0.1) is 6.10 Å². The minimum atomic E-state index is 0.216. The van der Waals surface area contributed by atoms with Crippen molar-refractivity contribution in [3.63, 3.8) is 0 Å². The zero-order valence-corrected chi connectivity index (χ0v) is 12.5. The van der Waals surface area contributed by atoms with Gasteiger partial charge in [-0.15, -0.1) is 10.2 Å². The number of anilines is 1. The lowest BCUT2D eigenvalue weighted by Gasteiger charge is -2.53. The molecule has 2 rings (SSSR count). The Hall–Kier alpha value is -0.680. The highest BCUT2D eigenvalue weighted by molar-refractivity contribution is 7.15. The molecule has 0 radical (unpaired) electrons. The molecular formula is C13H23N3OS. The van der Waals surface area contributed by atoms with Gasteiger partial charge in [-0.2, -0.15) is 0 Å². The van der Waals surface area contributed by atoms with Crippen LogP contribution < -0.4 is 5.32 Å². The van der Waals surface area contributed by atoms with E-state index in [9.17, 15) is 0 Å². The summed E-state index contributed by atoms with van der Waals surface area (Å²) >= 11 is 1.66. The second-order valence-corrected chi connectivity index (χ2v) is 6.15. The van der Waals surface area contributed by atoms with Gasteiger partial charge in [0.2, 0.25) is 5.13 Å². The topological polar surface area (TPSA) is 47.0 Å². The summed E-state index contributed by atoms with van der Waals surface area (Å²) in [6.45, 7) is 9.50. The first-order valence-corrected chi connectivity index (χ1v) is 7.66. The molecule has 3 atom stereocenters. The molecule has 102 valence electrons. The van der Waals surface area contributed by atoms with Crippen LogP contribution in [0.2, 0.25) is 0 Å². The van der Waals surface area contributed by atoms with Crippen molar-refractivity contribution < 1.29 is 4.74 Å². The fraction of sp³-hybridized carbons (Fsp3) is 0.846. The van der Waals surface area contributed by atoms with Crippen LogP contribution in [0.3, 0.4) is 0 Å². The maximum absolute atomic E-state index is 5.81. The van der Waals surface area contributed by atoms with Gasteiger partial charge < -0.3 is 10.1 Å². The Balaban J connectivity index is 1.98. The third-order valence-corrected chi connectivity index (χ3v) is 5.18. The Morgan fingerprint density at radius 2 is 2.17 bits per heavy atom. The first kappa shape index (κ1) is 13.7. The molecule has 1 aliphatic rings. The predicted octanol–water partition coefficient (Wildman–Crippen LogP) is 3.11. The number of hydrogen-bond acceptors (Lipinski definition) is 5. The number of aryl methyl sites for hydroxylation is 1. The highest BCUT2D eigenvalue weighted by atomic mass is 32.1. The van der Waals surface area contributed by atoms with Gasteiger partial charge in [-0.05, 0) is 26.2 Å². The first-order chi connectivity index (χ1) is 8.63. The summed E-state index contributed by atoms with van der Waals surface area (Å²) in [5, 5.41) is 13.9. The molecule has 5 heteroatoms. The van der Waals surface area contributed by atoms with Gasteiger partial charge in [0.15, 0.2) is 0 Å². The number of ether oxygens (including phenoxy) is 1.